The second kappa shape index (κ2) is 5.52. The maximum Gasteiger partial charge on any atom is 0.257 e. The minimum Gasteiger partial charge on any atom is -0.314 e. The molecule has 0 aliphatic heterocycles. The number of nitrogens with zero attached hydrogens (tertiary/aromatic N) is 3. The minimum absolute atomic E-state index is 0.0184. The molecule has 0 N–H and O–H groups in total. The van der Waals surface area contributed by atoms with Gasteiger partial charge in [0.15, 0.2) is 0 Å². The Balaban J connectivity index is 1.81. The lowest BCUT2D eigenvalue weighted by atomic mass is 10.2. The minimum atomic E-state index is -0.136. The van der Waals surface area contributed by atoms with Gasteiger partial charge in [0, 0.05) is 18.3 Å². The van der Waals surface area contributed by atoms with E-state index in [9.17, 15) is 9.59 Å². The lowest BCUT2D eigenvalue weighted by Gasteiger charge is -2.18. The Kier molecular flexibility index (Phi) is 3.56. The third-order valence-electron chi connectivity index (χ3n) is 3.88. The summed E-state index contributed by atoms with van der Waals surface area (Å²) in [4.78, 5) is 30.5. The molecule has 1 aromatic heterocycles. The van der Waals surface area contributed by atoms with E-state index in [2.05, 4.69) is 4.98 Å². The van der Waals surface area contributed by atoms with Crippen molar-refractivity contribution in [3.05, 3.63) is 58.3 Å². The van der Waals surface area contributed by atoms with Crippen LogP contribution < -0.4 is 10.5 Å². The SMILES string of the molecule is CN(C(=O)Cn1cnc2c(c1=O)CCC2)c1ccccc1. The van der Waals surface area contributed by atoms with Crippen molar-refractivity contribution in [2.24, 2.45) is 0 Å². The van der Waals surface area contributed by atoms with Crippen molar-refractivity contribution in [1.82, 2.24) is 9.55 Å². The van der Waals surface area contributed by atoms with Gasteiger partial charge in [0.25, 0.3) is 5.56 Å². The summed E-state index contributed by atoms with van der Waals surface area (Å²) in [7, 11) is 1.71. The molecule has 0 saturated heterocycles. The number of likely N-dealkylation sites (N-methyl/N-ethyl adjacent to an activating group) is 1. The van der Waals surface area contributed by atoms with Gasteiger partial charge >= 0.3 is 0 Å². The summed E-state index contributed by atoms with van der Waals surface area (Å²) < 4.78 is 1.41. The largest absolute Gasteiger partial charge is 0.314 e. The zero-order chi connectivity index (χ0) is 14.8. The highest BCUT2D eigenvalue weighted by Crippen LogP contribution is 2.15. The lowest BCUT2D eigenvalue weighted by Crippen LogP contribution is -2.35. The number of hydrogen-bond donors (Lipinski definition) is 0. The molecule has 0 atom stereocenters. The van der Waals surface area contributed by atoms with Gasteiger partial charge < -0.3 is 4.90 Å². The smallest absolute Gasteiger partial charge is 0.257 e. The number of anilines is 1. The fraction of sp³-hybridized carbons (Fsp3) is 0.312. The Morgan fingerprint density at radius 2 is 2.05 bits per heavy atom. The number of hydrogen-bond acceptors (Lipinski definition) is 3. The number of benzene rings is 1. The lowest BCUT2D eigenvalue weighted by molar-refractivity contribution is -0.118. The number of aromatic nitrogens is 2. The van der Waals surface area contributed by atoms with E-state index in [0.717, 1.165) is 36.2 Å². The van der Waals surface area contributed by atoms with Gasteiger partial charge in [-0.1, -0.05) is 18.2 Å². The number of amides is 1. The monoisotopic (exact) mass is 283 g/mol. The molecule has 0 bridgehead atoms. The van der Waals surface area contributed by atoms with E-state index in [4.69, 9.17) is 0 Å². The summed E-state index contributed by atoms with van der Waals surface area (Å²) >= 11 is 0. The Hall–Kier alpha value is -2.43. The summed E-state index contributed by atoms with van der Waals surface area (Å²) in [6.45, 7) is 0.0184. The van der Waals surface area contributed by atoms with Crippen molar-refractivity contribution in [2.45, 2.75) is 25.8 Å². The first-order chi connectivity index (χ1) is 10.2. The topological polar surface area (TPSA) is 55.2 Å². The van der Waals surface area contributed by atoms with Crippen molar-refractivity contribution in [3.8, 4) is 0 Å². The number of rotatable bonds is 3. The van der Waals surface area contributed by atoms with Crippen LogP contribution in [0.3, 0.4) is 0 Å². The second-order valence-electron chi connectivity index (χ2n) is 5.24. The number of aryl methyl sites for hydroxylation is 1. The molecule has 1 aromatic carbocycles. The van der Waals surface area contributed by atoms with Gasteiger partial charge in [-0.3, -0.25) is 14.2 Å². The van der Waals surface area contributed by atoms with E-state index in [1.54, 1.807) is 11.9 Å². The van der Waals surface area contributed by atoms with Crippen molar-refractivity contribution < 1.29 is 4.79 Å². The first-order valence-corrected chi connectivity index (χ1v) is 7.05. The highest BCUT2D eigenvalue weighted by atomic mass is 16.2. The standard InChI is InChI=1S/C16H17N3O2/c1-18(12-6-3-2-4-7-12)15(20)10-19-11-17-14-9-5-8-13(14)16(19)21/h2-4,6-7,11H,5,8-10H2,1H3. The van der Waals surface area contributed by atoms with Crippen LogP contribution in [0, 0.1) is 0 Å². The molecule has 0 spiro atoms. The quantitative estimate of drug-likeness (QED) is 0.855. The zero-order valence-electron chi connectivity index (χ0n) is 12.0. The average Bonchev–Trinajstić information content (AvgIpc) is 2.99. The summed E-state index contributed by atoms with van der Waals surface area (Å²) in [5, 5.41) is 0. The summed E-state index contributed by atoms with van der Waals surface area (Å²) in [6, 6.07) is 9.38. The molecule has 3 rings (SSSR count). The molecule has 1 aliphatic rings. The third kappa shape index (κ3) is 2.59. The number of carbonyl (C=O) groups is 1. The molecule has 1 aliphatic carbocycles. The van der Waals surface area contributed by atoms with Crippen LogP contribution >= 0.6 is 0 Å². The van der Waals surface area contributed by atoms with Crippen LogP contribution in [0.1, 0.15) is 17.7 Å². The molecule has 0 fully saturated rings. The van der Waals surface area contributed by atoms with Gasteiger partial charge in [-0.2, -0.15) is 0 Å². The molecule has 2 aromatic rings. The van der Waals surface area contributed by atoms with Gasteiger partial charge in [0.05, 0.1) is 12.0 Å². The average molecular weight is 283 g/mol. The summed E-state index contributed by atoms with van der Waals surface area (Å²) in [5.74, 6) is -0.136. The molecule has 108 valence electrons. The maximum absolute atomic E-state index is 12.3. The Bertz CT molecular complexity index is 722. The zero-order valence-corrected chi connectivity index (χ0v) is 12.0. The second-order valence-corrected chi connectivity index (χ2v) is 5.24. The van der Waals surface area contributed by atoms with E-state index in [0.29, 0.717) is 0 Å². The summed E-state index contributed by atoms with van der Waals surface area (Å²) in [5.41, 5.74) is 2.39. The van der Waals surface area contributed by atoms with Crippen molar-refractivity contribution in [1.29, 1.82) is 0 Å². The molecule has 21 heavy (non-hydrogen) atoms. The predicted octanol–water partition coefficient (Wildman–Crippen LogP) is 1.39. The maximum atomic E-state index is 12.3. The van der Waals surface area contributed by atoms with E-state index < -0.39 is 0 Å². The van der Waals surface area contributed by atoms with Crippen molar-refractivity contribution in [2.75, 3.05) is 11.9 Å². The van der Waals surface area contributed by atoms with Crippen LogP contribution in [0.5, 0.6) is 0 Å². The molecule has 1 heterocycles. The molecule has 0 radical (unpaired) electrons. The van der Waals surface area contributed by atoms with Crippen LogP contribution in [-0.2, 0) is 24.2 Å². The van der Waals surface area contributed by atoms with Crippen molar-refractivity contribution in [3.63, 3.8) is 0 Å². The van der Waals surface area contributed by atoms with E-state index in [1.807, 2.05) is 30.3 Å². The van der Waals surface area contributed by atoms with E-state index in [1.165, 1.54) is 10.9 Å². The first kappa shape index (κ1) is 13.5. The Morgan fingerprint density at radius 3 is 2.81 bits per heavy atom. The Labute approximate surface area is 122 Å². The van der Waals surface area contributed by atoms with Crippen LogP contribution in [0.15, 0.2) is 41.5 Å². The fourth-order valence-electron chi connectivity index (χ4n) is 2.63. The predicted molar refractivity (Wildman–Crippen MR) is 80.4 cm³/mol. The summed E-state index contributed by atoms with van der Waals surface area (Å²) in [6.07, 6.45) is 4.09. The van der Waals surface area contributed by atoms with Crippen LogP contribution in [0.25, 0.3) is 0 Å². The normalized spacial score (nSPS) is 13.0. The molecule has 1 amide bonds. The first-order valence-electron chi connectivity index (χ1n) is 7.05. The number of para-hydroxylation sites is 1. The molecule has 5 nitrogen and oxygen atoms in total. The fourth-order valence-corrected chi connectivity index (χ4v) is 2.63. The van der Waals surface area contributed by atoms with Crippen molar-refractivity contribution >= 4 is 11.6 Å². The highest BCUT2D eigenvalue weighted by Gasteiger charge is 2.19. The van der Waals surface area contributed by atoms with Gasteiger partial charge in [-0.15, -0.1) is 0 Å². The van der Waals surface area contributed by atoms with Gasteiger partial charge in [-0.05, 0) is 31.4 Å². The van der Waals surface area contributed by atoms with Crippen LogP contribution in [-0.4, -0.2) is 22.5 Å². The molecule has 0 unspecified atom stereocenters. The highest BCUT2D eigenvalue weighted by molar-refractivity contribution is 5.92. The van der Waals surface area contributed by atoms with Crippen LogP contribution in [0.4, 0.5) is 5.69 Å². The molecule has 5 heteroatoms. The van der Waals surface area contributed by atoms with E-state index >= 15 is 0 Å². The van der Waals surface area contributed by atoms with Gasteiger partial charge in [0.2, 0.25) is 5.91 Å². The molecule has 0 saturated carbocycles. The van der Waals surface area contributed by atoms with Crippen LogP contribution in [0.2, 0.25) is 0 Å². The van der Waals surface area contributed by atoms with Gasteiger partial charge in [-0.25, -0.2) is 4.98 Å². The molecular weight excluding hydrogens is 266 g/mol. The number of fused-ring (bicyclic) bond motifs is 1. The third-order valence-corrected chi connectivity index (χ3v) is 3.88. The van der Waals surface area contributed by atoms with E-state index in [-0.39, 0.29) is 18.0 Å². The van der Waals surface area contributed by atoms with Gasteiger partial charge in [0.1, 0.15) is 6.54 Å². The Morgan fingerprint density at radius 1 is 1.29 bits per heavy atom. The number of carbonyl (C=O) groups excluding carboxylic acids is 1. The molecular formula is C16H17N3O2.